The Bertz CT molecular complexity index is 799. The smallest absolute Gasteiger partial charge is 0.236 e. The van der Waals surface area contributed by atoms with Crippen LogP contribution in [0.3, 0.4) is 0 Å². The second kappa shape index (κ2) is 6.38. The quantitative estimate of drug-likeness (QED) is 0.476. The number of thioether (sulfide) groups is 1. The molecule has 0 fully saturated rings. The first-order valence-corrected chi connectivity index (χ1v) is 7.31. The Balaban J connectivity index is 2.55. The van der Waals surface area contributed by atoms with Crippen molar-refractivity contribution in [2.24, 2.45) is 0 Å². The van der Waals surface area contributed by atoms with E-state index in [1.165, 1.54) is 6.07 Å². The lowest BCUT2D eigenvalue weighted by atomic mass is 10.2. The molecule has 2 rings (SSSR count). The molecule has 1 aromatic heterocycles. The van der Waals surface area contributed by atoms with Crippen molar-refractivity contribution in [1.82, 2.24) is 9.78 Å². The van der Waals surface area contributed by atoms with E-state index in [4.69, 9.17) is 28.5 Å². The fourth-order valence-corrected chi connectivity index (χ4v) is 3.14. The van der Waals surface area contributed by atoms with Crippen molar-refractivity contribution in [1.29, 1.82) is 5.26 Å². The first-order valence-electron chi connectivity index (χ1n) is 5.74. The van der Waals surface area contributed by atoms with Crippen LogP contribution in [-0.2, 0) is 6.18 Å². The molecule has 0 bridgehead atoms. The largest absolute Gasteiger partial charge is 0.446 e. The number of nitrogens with zero attached hydrogens (tertiary/aromatic N) is 3. The van der Waals surface area contributed by atoms with Gasteiger partial charge in [-0.2, -0.15) is 36.7 Å². The number of hydrogen-bond donors (Lipinski definition) is 0. The normalized spacial score (nSPS) is 12.3. The van der Waals surface area contributed by atoms with E-state index in [-0.39, 0.29) is 20.6 Å². The standard InChI is InChI=1S/C12H3Cl2F6N3S/c13-7-1-6(24-12(18,19)20)2-8(14)9(7)23-4-5(3-21)10(22-23)11(15,16)17/h1-2,4H. The monoisotopic (exact) mass is 405 g/mol. The van der Waals surface area contributed by atoms with Crippen LogP contribution in [0.4, 0.5) is 26.3 Å². The van der Waals surface area contributed by atoms with Gasteiger partial charge in [-0.3, -0.25) is 0 Å². The van der Waals surface area contributed by atoms with Gasteiger partial charge in [-0.15, -0.1) is 0 Å². The van der Waals surface area contributed by atoms with Gasteiger partial charge in [0.25, 0.3) is 0 Å². The summed E-state index contributed by atoms with van der Waals surface area (Å²) in [6.45, 7) is 0. The van der Waals surface area contributed by atoms with Gasteiger partial charge in [0.05, 0.1) is 10.0 Å². The summed E-state index contributed by atoms with van der Waals surface area (Å²) in [6.07, 6.45) is -4.15. The molecule has 0 aliphatic carbocycles. The lowest BCUT2D eigenvalue weighted by molar-refractivity contribution is -0.141. The number of alkyl halides is 6. The number of hydrogen-bond acceptors (Lipinski definition) is 3. The molecule has 0 N–H and O–H groups in total. The zero-order valence-electron chi connectivity index (χ0n) is 11.0. The molecule has 0 saturated heterocycles. The third kappa shape index (κ3) is 4.09. The van der Waals surface area contributed by atoms with Gasteiger partial charge in [-0.05, 0) is 23.9 Å². The van der Waals surface area contributed by atoms with Gasteiger partial charge in [0, 0.05) is 11.1 Å². The minimum atomic E-state index is -4.89. The Morgan fingerprint density at radius 3 is 2.00 bits per heavy atom. The fraction of sp³-hybridized carbons (Fsp3) is 0.167. The number of halogens is 8. The van der Waals surface area contributed by atoms with Crippen LogP contribution in [0.15, 0.2) is 23.2 Å². The van der Waals surface area contributed by atoms with Gasteiger partial charge in [0.15, 0.2) is 5.69 Å². The molecular formula is C12H3Cl2F6N3S. The predicted molar refractivity (Wildman–Crippen MR) is 75.2 cm³/mol. The van der Waals surface area contributed by atoms with Crippen molar-refractivity contribution < 1.29 is 26.3 Å². The molecule has 1 heterocycles. The van der Waals surface area contributed by atoms with Crippen LogP contribution >= 0.6 is 35.0 Å². The molecule has 0 spiro atoms. The summed E-state index contributed by atoms with van der Waals surface area (Å²) in [6, 6.07) is 3.11. The number of benzene rings is 1. The van der Waals surface area contributed by atoms with Crippen LogP contribution in [0, 0.1) is 11.3 Å². The third-order valence-corrected chi connectivity index (χ3v) is 3.84. The molecule has 0 saturated carbocycles. The van der Waals surface area contributed by atoms with E-state index in [1.807, 2.05) is 0 Å². The Kier molecular flexibility index (Phi) is 4.99. The van der Waals surface area contributed by atoms with Crippen LogP contribution < -0.4 is 0 Å². The molecule has 0 radical (unpaired) electrons. The average molecular weight is 406 g/mol. The minimum Gasteiger partial charge on any atom is -0.236 e. The lowest BCUT2D eigenvalue weighted by Crippen LogP contribution is -2.09. The van der Waals surface area contributed by atoms with Gasteiger partial charge in [-0.25, -0.2) is 4.68 Å². The first-order chi connectivity index (χ1) is 10.9. The highest BCUT2D eigenvalue weighted by atomic mass is 35.5. The van der Waals surface area contributed by atoms with Gasteiger partial charge in [0.1, 0.15) is 17.3 Å². The second-order valence-electron chi connectivity index (χ2n) is 4.23. The molecule has 128 valence electrons. The summed E-state index contributed by atoms with van der Waals surface area (Å²) in [5, 5.41) is 11.3. The maximum absolute atomic E-state index is 12.8. The number of rotatable bonds is 2. The summed E-state index contributed by atoms with van der Waals surface area (Å²) in [5.74, 6) is 0. The van der Waals surface area contributed by atoms with Crippen LogP contribution in [0.5, 0.6) is 0 Å². The maximum atomic E-state index is 12.8. The molecule has 0 unspecified atom stereocenters. The van der Waals surface area contributed by atoms with Gasteiger partial charge < -0.3 is 0 Å². The molecule has 0 amide bonds. The van der Waals surface area contributed by atoms with Crippen molar-refractivity contribution >= 4 is 35.0 Å². The maximum Gasteiger partial charge on any atom is 0.446 e. The Labute approximate surface area is 144 Å². The molecule has 0 atom stereocenters. The molecule has 2 aromatic rings. The Morgan fingerprint density at radius 1 is 1.08 bits per heavy atom. The van der Waals surface area contributed by atoms with Crippen LogP contribution in [0.25, 0.3) is 5.69 Å². The second-order valence-corrected chi connectivity index (χ2v) is 6.18. The molecule has 3 nitrogen and oxygen atoms in total. The van der Waals surface area contributed by atoms with Crippen molar-refractivity contribution in [3.05, 3.63) is 39.6 Å². The summed E-state index contributed by atoms with van der Waals surface area (Å²) < 4.78 is 76.1. The molecule has 1 aromatic carbocycles. The zero-order valence-corrected chi connectivity index (χ0v) is 13.3. The highest BCUT2D eigenvalue weighted by molar-refractivity contribution is 8.00. The lowest BCUT2D eigenvalue weighted by Gasteiger charge is -2.11. The summed E-state index contributed by atoms with van der Waals surface area (Å²) in [4.78, 5) is -0.343. The first kappa shape index (κ1) is 18.8. The predicted octanol–water partition coefficient (Wildman–Crippen LogP) is 5.68. The molecule has 0 aliphatic heterocycles. The highest BCUT2D eigenvalue weighted by Crippen LogP contribution is 2.41. The van der Waals surface area contributed by atoms with Crippen molar-refractivity contribution in [2.45, 2.75) is 16.6 Å². The molecule has 24 heavy (non-hydrogen) atoms. The van der Waals surface area contributed by atoms with E-state index < -0.39 is 34.7 Å². The van der Waals surface area contributed by atoms with Gasteiger partial charge in [-0.1, -0.05) is 23.2 Å². The summed E-state index contributed by atoms with van der Waals surface area (Å²) in [7, 11) is 0. The summed E-state index contributed by atoms with van der Waals surface area (Å²) >= 11 is 11.2. The molecule has 12 heteroatoms. The van der Waals surface area contributed by atoms with Crippen molar-refractivity contribution in [3.8, 4) is 11.8 Å². The molecular weight excluding hydrogens is 403 g/mol. The van der Waals surface area contributed by atoms with Crippen LogP contribution in [0.1, 0.15) is 11.3 Å². The van der Waals surface area contributed by atoms with E-state index in [1.54, 1.807) is 0 Å². The van der Waals surface area contributed by atoms with Crippen LogP contribution in [-0.4, -0.2) is 15.3 Å². The van der Waals surface area contributed by atoms with E-state index >= 15 is 0 Å². The van der Waals surface area contributed by atoms with E-state index in [2.05, 4.69) is 5.10 Å². The highest BCUT2D eigenvalue weighted by Gasteiger charge is 2.38. The minimum absolute atomic E-state index is 0.267. The number of nitriles is 1. The van der Waals surface area contributed by atoms with Crippen LogP contribution in [0.2, 0.25) is 10.0 Å². The van der Waals surface area contributed by atoms with Gasteiger partial charge >= 0.3 is 11.7 Å². The Morgan fingerprint density at radius 2 is 1.62 bits per heavy atom. The van der Waals surface area contributed by atoms with E-state index in [9.17, 15) is 26.3 Å². The SMILES string of the molecule is N#Cc1cn(-c2c(Cl)cc(SC(F)(F)F)cc2Cl)nc1C(F)(F)F. The van der Waals surface area contributed by atoms with E-state index in [0.29, 0.717) is 4.68 Å². The van der Waals surface area contributed by atoms with Crippen molar-refractivity contribution in [3.63, 3.8) is 0 Å². The van der Waals surface area contributed by atoms with Crippen molar-refractivity contribution in [2.75, 3.05) is 0 Å². The fourth-order valence-electron chi connectivity index (χ4n) is 1.73. The van der Waals surface area contributed by atoms with E-state index in [0.717, 1.165) is 18.3 Å². The average Bonchev–Trinajstić information content (AvgIpc) is 2.79. The summed E-state index contributed by atoms with van der Waals surface area (Å²) in [5.41, 5.74) is -7.08. The van der Waals surface area contributed by atoms with Gasteiger partial charge in [0.2, 0.25) is 0 Å². The number of aromatic nitrogens is 2. The topological polar surface area (TPSA) is 41.6 Å². The zero-order chi connectivity index (χ0) is 18.3. The Hall–Kier alpha value is -1.57. The third-order valence-electron chi connectivity index (χ3n) is 2.56. The molecule has 0 aliphatic rings.